The lowest BCUT2D eigenvalue weighted by Gasteiger charge is -2.26. The minimum atomic E-state index is 0.715. The highest BCUT2D eigenvalue weighted by molar-refractivity contribution is 9.08. The Bertz CT molecular complexity index is 352. The van der Waals surface area contributed by atoms with Gasteiger partial charge in [-0.2, -0.15) is 0 Å². The summed E-state index contributed by atoms with van der Waals surface area (Å²) in [4.78, 5) is 6.98. The summed E-state index contributed by atoms with van der Waals surface area (Å²) in [6, 6.07) is 2.22. The van der Waals surface area contributed by atoms with Crippen molar-refractivity contribution in [2.45, 2.75) is 39.4 Å². The average Bonchev–Trinajstić information content (AvgIpc) is 2.35. The number of anilines is 1. The zero-order valence-electron chi connectivity index (χ0n) is 11.3. The molecule has 0 aliphatic heterocycles. The van der Waals surface area contributed by atoms with Gasteiger partial charge in [0.1, 0.15) is 5.82 Å². The molecule has 0 N–H and O–H groups in total. The lowest BCUT2D eigenvalue weighted by atomic mass is 10.1. The minimum Gasteiger partial charge on any atom is -0.356 e. The average molecular weight is 299 g/mol. The first-order valence-electron chi connectivity index (χ1n) is 6.38. The summed E-state index contributed by atoms with van der Waals surface area (Å²) in [7, 11) is 0. The van der Waals surface area contributed by atoms with Crippen molar-refractivity contribution in [2.24, 2.45) is 5.92 Å². The van der Waals surface area contributed by atoms with E-state index in [-0.39, 0.29) is 0 Å². The molecule has 1 atom stereocenters. The molecule has 0 bridgehead atoms. The zero-order valence-corrected chi connectivity index (χ0v) is 12.9. The molecule has 1 rings (SSSR count). The van der Waals surface area contributed by atoms with E-state index in [2.05, 4.69) is 59.6 Å². The molecule has 0 saturated heterocycles. The minimum absolute atomic E-state index is 0.715. The molecule has 0 aliphatic rings. The van der Waals surface area contributed by atoms with Gasteiger partial charge in [0.2, 0.25) is 0 Å². The van der Waals surface area contributed by atoms with Crippen LogP contribution in [0.4, 0.5) is 5.82 Å². The topological polar surface area (TPSA) is 16.1 Å². The fraction of sp³-hybridized carbons (Fsp3) is 0.643. The number of pyridine rings is 1. The first-order chi connectivity index (χ1) is 8.12. The second-order valence-corrected chi connectivity index (χ2v) is 5.23. The molecule has 0 spiro atoms. The summed E-state index contributed by atoms with van der Waals surface area (Å²) in [5.41, 5.74) is 2.51. The smallest absolute Gasteiger partial charge is 0.131 e. The standard InChI is InChI=1S/C14H23BrN2/c1-5-11(3)10-17(6-2)14-12(4)7-13(8-15)9-16-14/h7,9,11H,5-6,8,10H2,1-4H3. The molecule has 1 unspecified atom stereocenters. The normalized spacial score (nSPS) is 12.5. The quantitative estimate of drug-likeness (QED) is 0.733. The zero-order chi connectivity index (χ0) is 12.8. The Balaban J connectivity index is 2.88. The Morgan fingerprint density at radius 2 is 2.12 bits per heavy atom. The van der Waals surface area contributed by atoms with Gasteiger partial charge in [-0.3, -0.25) is 0 Å². The molecule has 0 amide bonds. The Hall–Kier alpha value is -0.570. The van der Waals surface area contributed by atoms with Gasteiger partial charge in [-0.05, 0) is 30.9 Å². The van der Waals surface area contributed by atoms with Crippen molar-refractivity contribution in [2.75, 3.05) is 18.0 Å². The third-order valence-corrected chi connectivity index (χ3v) is 3.82. The summed E-state index contributed by atoms with van der Waals surface area (Å²) in [6.45, 7) is 11.0. The number of nitrogens with zero attached hydrogens (tertiary/aromatic N) is 2. The first-order valence-corrected chi connectivity index (χ1v) is 7.50. The molecule has 96 valence electrons. The number of hydrogen-bond donors (Lipinski definition) is 0. The third-order valence-electron chi connectivity index (χ3n) is 3.17. The van der Waals surface area contributed by atoms with E-state index in [1.807, 2.05) is 6.20 Å². The van der Waals surface area contributed by atoms with Crippen LogP contribution < -0.4 is 4.90 Å². The van der Waals surface area contributed by atoms with Crippen molar-refractivity contribution < 1.29 is 0 Å². The SMILES string of the molecule is CCC(C)CN(CC)c1ncc(CBr)cc1C. The maximum Gasteiger partial charge on any atom is 0.131 e. The van der Waals surface area contributed by atoms with E-state index in [9.17, 15) is 0 Å². The van der Waals surface area contributed by atoms with Gasteiger partial charge in [-0.25, -0.2) is 4.98 Å². The highest BCUT2D eigenvalue weighted by Crippen LogP contribution is 2.20. The van der Waals surface area contributed by atoms with Crippen molar-refractivity contribution in [1.29, 1.82) is 0 Å². The van der Waals surface area contributed by atoms with Gasteiger partial charge in [0.05, 0.1) is 0 Å². The molecule has 1 heterocycles. The maximum absolute atomic E-state index is 4.60. The highest BCUT2D eigenvalue weighted by atomic mass is 79.9. The summed E-state index contributed by atoms with van der Waals surface area (Å²) >= 11 is 3.47. The number of aryl methyl sites for hydroxylation is 1. The molecule has 0 saturated carbocycles. The summed E-state index contributed by atoms with van der Waals surface area (Å²) in [6.07, 6.45) is 3.19. The molecule has 1 aromatic rings. The van der Waals surface area contributed by atoms with E-state index < -0.39 is 0 Å². The van der Waals surface area contributed by atoms with Crippen LogP contribution in [-0.2, 0) is 5.33 Å². The third kappa shape index (κ3) is 3.98. The van der Waals surface area contributed by atoms with E-state index in [0.29, 0.717) is 5.92 Å². The summed E-state index contributed by atoms with van der Waals surface area (Å²) in [5.74, 6) is 1.85. The Morgan fingerprint density at radius 1 is 1.41 bits per heavy atom. The van der Waals surface area contributed by atoms with Crippen LogP contribution in [-0.4, -0.2) is 18.1 Å². The largest absolute Gasteiger partial charge is 0.356 e. The molecule has 2 nitrogen and oxygen atoms in total. The number of rotatable bonds is 6. The molecule has 0 aliphatic carbocycles. The van der Waals surface area contributed by atoms with Gasteiger partial charge in [-0.15, -0.1) is 0 Å². The van der Waals surface area contributed by atoms with Crippen LogP contribution in [0.3, 0.4) is 0 Å². The van der Waals surface area contributed by atoms with E-state index >= 15 is 0 Å². The van der Waals surface area contributed by atoms with Gasteiger partial charge >= 0.3 is 0 Å². The van der Waals surface area contributed by atoms with Crippen LogP contribution in [0.5, 0.6) is 0 Å². The molecular formula is C14H23BrN2. The van der Waals surface area contributed by atoms with Crippen LogP contribution in [0.2, 0.25) is 0 Å². The van der Waals surface area contributed by atoms with Crippen molar-refractivity contribution in [3.05, 3.63) is 23.4 Å². The van der Waals surface area contributed by atoms with E-state index in [1.54, 1.807) is 0 Å². The number of alkyl halides is 1. The fourth-order valence-corrected chi connectivity index (χ4v) is 2.21. The summed E-state index contributed by atoms with van der Waals surface area (Å²) in [5, 5.41) is 0.874. The van der Waals surface area contributed by atoms with Gasteiger partial charge in [-0.1, -0.05) is 42.3 Å². The van der Waals surface area contributed by atoms with E-state index in [4.69, 9.17) is 0 Å². The Labute approximate surface area is 114 Å². The highest BCUT2D eigenvalue weighted by Gasteiger charge is 2.12. The van der Waals surface area contributed by atoms with Crippen LogP contribution in [0.25, 0.3) is 0 Å². The van der Waals surface area contributed by atoms with Crippen LogP contribution >= 0.6 is 15.9 Å². The fourth-order valence-electron chi connectivity index (χ4n) is 1.90. The van der Waals surface area contributed by atoms with Crippen LogP contribution in [0.1, 0.15) is 38.3 Å². The monoisotopic (exact) mass is 298 g/mol. The Morgan fingerprint density at radius 3 is 2.59 bits per heavy atom. The van der Waals surface area contributed by atoms with Gasteiger partial charge < -0.3 is 4.90 Å². The number of aromatic nitrogens is 1. The van der Waals surface area contributed by atoms with E-state index in [0.717, 1.165) is 24.2 Å². The molecule has 0 fully saturated rings. The second-order valence-electron chi connectivity index (χ2n) is 4.67. The molecule has 0 radical (unpaired) electrons. The predicted molar refractivity (Wildman–Crippen MR) is 78.9 cm³/mol. The van der Waals surface area contributed by atoms with E-state index in [1.165, 1.54) is 17.5 Å². The maximum atomic E-state index is 4.60. The van der Waals surface area contributed by atoms with Crippen molar-refractivity contribution in [3.63, 3.8) is 0 Å². The van der Waals surface area contributed by atoms with Gasteiger partial charge in [0, 0.05) is 24.6 Å². The molecular weight excluding hydrogens is 276 g/mol. The molecule has 0 aromatic carbocycles. The van der Waals surface area contributed by atoms with Crippen LogP contribution in [0.15, 0.2) is 12.3 Å². The van der Waals surface area contributed by atoms with Crippen molar-refractivity contribution in [3.8, 4) is 0 Å². The summed E-state index contributed by atoms with van der Waals surface area (Å²) < 4.78 is 0. The van der Waals surface area contributed by atoms with Crippen molar-refractivity contribution >= 4 is 21.7 Å². The van der Waals surface area contributed by atoms with Crippen LogP contribution in [0, 0.1) is 12.8 Å². The lowest BCUT2D eigenvalue weighted by molar-refractivity contribution is 0.545. The molecule has 17 heavy (non-hydrogen) atoms. The number of halogens is 1. The van der Waals surface area contributed by atoms with Gasteiger partial charge in [0.25, 0.3) is 0 Å². The second kappa shape index (κ2) is 7.00. The lowest BCUT2D eigenvalue weighted by Crippen LogP contribution is -2.29. The first kappa shape index (κ1) is 14.5. The predicted octanol–water partition coefficient (Wildman–Crippen LogP) is 4.16. The van der Waals surface area contributed by atoms with Gasteiger partial charge in [0.15, 0.2) is 0 Å². The molecule has 1 aromatic heterocycles. The number of hydrogen-bond acceptors (Lipinski definition) is 2. The molecule has 3 heteroatoms. The van der Waals surface area contributed by atoms with Crippen molar-refractivity contribution in [1.82, 2.24) is 4.98 Å². The Kier molecular flexibility index (Phi) is 5.96.